The van der Waals surface area contributed by atoms with Gasteiger partial charge in [0, 0.05) is 25.8 Å². The second-order valence-corrected chi connectivity index (χ2v) is 10.0. The summed E-state index contributed by atoms with van der Waals surface area (Å²) in [6.45, 7) is 1.43. The Hall–Kier alpha value is -3.20. The van der Waals surface area contributed by atoms with Crippen molar-refractivity contribution in [1.82, 2.24) is 4.90 Å². The normalized spacial score (nSPS) is 17.9. The smallest absolute Gasteiger partial charge is 0.339 e. The van der Waals surface area contributed by atoms with Gasteiger partial charge < -0.3 is 14.5 Å². The number of hydrogen-bond acceptors (Lipinski definition) is 6. The summed E-state index contributed by atoms with van der Waals surface area (Å²) >= 11 is 0. The van der Waals surface area contributed by atoms with Crippen molar-refractivity contribution in [2.75, 3.05) is 30.5 Å². The molecule has 9 heteroatoms. The molecule has 2 aromatic rings. The zero-order valence-corrected chi connectivity index (χ0v) is 19.0. The number of amides is 2. The number of para-hydroxylation sites is 1. The summed E-state index contributed by atoms with van der Waals surface area (Å²) < 4.78 is 28.8. The van der Waals surface area contributed by atoms with Crippen LogP contribution in [0.4, 0.5) is 5.69 Å². The van der Waals surface area contributed by atoms with E-state index in [1.165, 1.54) is 35.9 Å². The van der Waals surface area contributed by atoms with Crippen molar-refractivity contribution in [3.05, 3.63) is 65.7 Å². The fourth-order valence-corrected chi connectivity index (χ4v) is 5.39. The van der Waals surface area contributed by atoms with Crippen LogP contribution < -0.4 is 4.90 Å². The zero-order chi connectivity index (χ0) is 23.5. The van der Waals surface area contributed by atoms with E-state index in [9.17, 15) is 22.8 Å². The Morgan fingerprint density at radius 2 is 1.56 bits per heavy atom. The van der Waals surface area contributed by atoms with Crippen molar-refractivity contribution < 1.29 is 27.5 Å². The molecule has 1 saturated heterocycles. The maximum absolute atomic E-state index is 13.0. The van der Waals surface area contributed by atoms with Crippen LogP contribution in [-0.2, 0) is 19.4 Å². The summed E-state index contributed by atoms with van der Waals surface area (Å²) in [5.74, 6) is -1.75. The molecule has 170 valence electrons. The van der Waals surface area contributed by atoms with E-state index < -0.39 is 39.8 Å². The molecule has 0 radical (unpaired) electrons. The number of benzene rings is 2. The molecule has 1 heterocycles. The standard InChI is InChI=1S/C23H26N2O6S/c1-16(21(26)25(3)18-13-14-32(29,30)15-18)31-23(28)20-12-8-7-11-19(20)22(27)24(2)17-9-5-4-6-10-17/h4-12,16,18H,13-15H2,1-3H3/t16-,18+/m1/s1. The van der Waals surface area contributed by atoms with Crippen molar-refractivity contribution in [2.24, 2.45) is 0 Å². The van der Waals surface area contributed by atoms with E-state index in [-0.39, 0.29) is 22.6 Å². The van der Waals surface area contributed by atoms with Gasteiger partial charge in [0.15, 0.2) is 15.9 Å². The molecule has 1 fully saturated rings. The van der Waals surface area contributed by atoms with Gasteiger partial charge >= 0.3 is 5.97 Å². The highest BCUT2D eigenvalue weighted by Crippen LogP contribution is 2.20. The number of likely N-dealkylation sites (N-methyl/N-ethyl adjacent to an activating group) is 1. The first-order valence-corrected chi connectivity index (χ1v) is 12.0. The first-order chi connectivity index (χ1) is 15.1. The summed E-state index contributed by atoms with van der Waals surface area (Å²) in [5.41, 5.74) is 0.863. The Morgan fingerprint density at radius 1 is 0.969 bits per heavy atom. The molecule has 0 saturated carbocycles. The molecule has 0 unspecified atom stereocenters. The van der Waals surface area contributed by atoms with E-state index in [4.69, 9.17) is 4.74 Å². The summed E-state index contributed by atoms with van der Waals surface area (Å²) in [6, 6.07) is 14.8. The van der Waals surface area contributed by atoms with Crippen LogP contribution in [0.1, 0.15) is 34.1 Å². The van der Waals surface area contributed by atoms with Gasteiger partial charge in [-0.1, -0.05) is 30.3 Å². The largest absolute Gasteiger partial charge is 0.449 e. The Bertz CT molecular complexity index is 1120. The van der Waals surface area contributed by atoms with E-state index >= 15 is 0 Å². The zero-order valence-electron chi connectivity index (χ0n) is 18.2. The van der Waals surface area contributed by atoms with Gasteiger partial charge in [0.05, 0.1) is 22.6 Å². The van der Waals surface area contributed by atoms with Gasteiger partial charge in [-0.3, -0.25) is 9.59 Å². The molecule has 0 aromatic heterocycles. The third kappa shape index (κ3) is 5.16. The molecule has 1 aliphatic heterocycles. The van der Waals surface area contributed by atoms with Crippen LogP contribution in [0.15, 0.2) is 54.6 Å². The van der Waals surface area contributed by atoms with E-state index in [0.717, 1.165) is 0 Å². The number of ether oxygens (including phenoxy) is 1. The van der Waals surface area contributed by atoms with Crippen LogP contribution in [-0.4, -0.2) is 68.8 Å². The lowest BCUT2D eigenvalue weighted by molar-refractivity contribution is -0.140. The SMILES string of the molecule is C[C@@H](OC(=O)c1ccccc1C(=O)N(C)c1ccccc1)C(=O)N(C)[C@H]1CCS(=O)(=O)C1. The van der Waals surface area contributed by atoms with Gasteiger partial charge in [-0.15, -0.1) is 0 Å². The molecule has 0 spiro atoms. The molecule has 0 bridgehead atoms. The molecule has 0 N–H and O–H groups in total. The lowest BCUT2D eigenvalue weighted by Crippen LogP contribution is -2.44. The van der Waals surface area contributed by atoms with Crippen LogP contribution in [0, 0.1) is 0 Å². The van der Waals surface area contributed by atoms with Gasteiger partial charge in [-0.25, -0.2) is 13.2 Å². The summed E-state index contributed by atoms with van der Waals surface area (Å²) in [7, 11) is -0.0437. The molecule has 0 aliphatic carbocycles. The fourth-order valence-electron chi connectivity index (χ4n) is 3.62. The van der Waals surface area contributed by atoms with Crippen molar-refractivity contribution in [3.8, 4) is 0 Å². The predicted octanol–water partition coefficient (Wildman–Crippen LogP) is 2.15. The summed E-state index contributed by atoms with van der Waals surface area (Å²) in [5, 5.41) is 0. The molecule has 32 heavy (non-hydrogen) atoms. The van der Waals surface area contributed by atoms with Gasteiger partial charge in [0.25, 0.3) is 11.8 Å². The minimum absolute atomic E-state index is 0.0356. The number of carbonyl (C=O) groups is 3. The third-order valence-electron chi connectivity index (χ3n) is 5.56. The molecular formula is C23H26N2O6S. The highest BCUT2D eigenvalue weighted by atomic mass is 32.2. The lowest BCUT2D eigenvalue weighted by Gasteiger charge is -2.26. The Kier molecular flexibility index (Phi) is 6.98. The average Bonchev–Trinajstić information content (AvgIpc) is 3.17. The van der Waals surface area contributed by atoms with Gasteiger partial charge in [0.2, 0.25) is 0 Å². The van der Waals surface area contributed by atoms with E-state index in [1.54, 1.807) is 43.4 Å². The van der Waals surface area contributed by atoms with E-state index in [1.807, 2.05) is 6.07 Å². The maximum Gasteiger partial charge on any atom is 0.339 e. The first kappa shape index (κ1) is 23.5. The summed E-state index contributed by atoms with van der Waals surface area (Å²) in [4.78, 5) is 41.3. The Labute approximate surface area is 187 Å². The van der Waals surface area contributed by atoms with Crippen LogP contribution >= 0.6 is 0 Å². The summed E-state index contributed by atoms with van der Waals surface area (Å²) in [6.07, 6.45) is -0.778. The molecule has 1 aliphatic rings. The third-order valence-corrected chi connectivity index (χ3v) is 7.31. The molecule has 2 aromatic carbocycles. The van der Waals surface area contributed by atoms with Gasteiger partial charge in [-0.05, 0) is 37.6 Å². The Balaban J connectivity index is 1.73. The van der Waals surface area contributed by atoms with Crippen LogP contribution in [0.2, 0.25) is 0 Å². The maximum atomic E-state index is 13.0. The minimum atomic E-state index is -3.16. The second kappa shape index (κ2) is 9.52. The number of carbonyl (C=O) groups excluding carboxylic acids is 3. The number of nitrogens with zero attached hydrogens (tertiary/aromatic N) is 2. The van der Waals surface area contributed by atoms with Crippen molar-refractivity contribution in [2.45, 2.75) is 25.5 Å². The number of sulfone groups is 1. The van der Waals surface area contributed by atoms with Gasteiger partial charge in [0.1, 0.15) is 0 Å². The topological polar surface area (TPSA) is 101 Å². The average molecular weight is 459 g/mol. The number of esters is 1. The molecule has 3 rings (SSSR count). The van der Waals surface area contributed by atoms with Crippen LogP contribution in [0.3, 0.4) is 0 Å². The highest BCUT2D eigenvalue weighted by molar-refractivity contribution is 7.91. The molecule has 2 atom stereocenters. The van der Waals surface area contributed by atoms with Crippen LogP contribution in [0.5, 0.6) is 0 Å². The number of rotatable bonds is 6. The van der Waals surface area contributed by atoms with E-state index in [2.05, 4.69) is 0 Å². The molecule has 2 amide bonds. The molecular weight excluding hydrogens is 432 g/mol. The lowest BCUT2D eigenvalue weighted by atomic mass is 10.1. The van der Waals surface area contributed by atoms with Crippen molar-refractivity contribution in [3.63, 3.8) is 0 Å². The number of anilines is 1. The number of hydrogen-bond donors (Lipinski definition) is 0. The fraction of sp³-hybridized carbons (Fsp3) is 0.348. The van der Waals surface area contributed by atoms with Gasteiger partial charge in [-0.2, -0.15) is 0 Å². The first-order valence-electron chi connectivity index (χ1n) is 10.2. The molecule has 8 nitrogen and oxygen atoms in total. The minimum Gasteiger partial charge on any atom is -0.449 e. The predicted molar refractivity (Wildman–Crippen MR) is 120 cm³/mol. The Morgan fingerprint density at radius 3 is 2.16 bits per heavy atom. The second-order valence-electron chi connectivity index (χ2n) is 7.80. The van der Waals surface area contributed by atoms with Crippen molar-refractivity contribution >= 4 is 33.3 Å². The van der Waals surface area contributed by atoms with Crippen LogP contribution in [0.25, 0.3) is 0 Å². The van der Waals surface area contributed by atoms with Crippen molar-refractivity contribution in [1.29, 1.82) is 0 Å². The highest BCUT2D eigenvalue weighted by Gasteiger charge is 2.35. The monoisotopic (exact) mass is 458 g/mol. The van der Waals surface area contributed by atoms with E-state index in [0.29, 0.717) is 12.1 Å². The quantitative estimate of drug-likeness (QED) is 0.615.